The third-order valence-electron chi connectivity index (χ3n) is 5.01. The number of piperidine rings is 1. The van der Waals surface area contributed by atoms with Crippen molar-refractivity contribution in [3.63, 3.8) is 0 Å². The van der Waals surface area contributed by atoms with Gasteiger partial charge in [-0.15, -0.1) is 0 Å². The summed E-state index contributed by atoms with van der Waals surface area (Å²) in [6, 6.07) is 5.68. The number of hydrogen-bond donors (Lipinski definition) is 2. The monoisotopic (exact) mass is 331 g/mol. The van der Waals surface area contributed by atoms with E-state index in [0.717, 1.165) is 30.6 Å². The summed E-state index contributed by atoms with van der Waals surface area (Å²) >= 11 is 0. The highest BCUT2D eigenvalue weighted by molar-refractivity contribution is 5.95. The zero-order valence-electron chi connectivity index (χ0n) is 14.1. The van der Waals surface area contributed by atoms with E-state index in [1.807, 2.05) is 23.1 Å². The van der Waals surface area contributed by atoms with Gasteiger partial charge in [0.2, 0.25) is 5.91 Å². The number of nitrogens with zero attached hydrogens (tertiary/aromatic N) is 1. The molecule has 0 saturated carbocycles. The molecule has 1 aromatic carbocycles. The van der Waals surface area contributed by atoms with E-state index in [2.05, 4.69) is 5.32 Å². The van der Waals surface area contributed by atoms with Crippen molar-refractivity contribution < 1.29 is 14.3 Å². The molecule has 2 saturated heterocycles. The summed E-state index contributed by atoms with van der Waals surface area (Å²) < 4.78 is 5.38. The molecule has 6 heteroatoms. The minimum Gasteiger partial charge on any atom is -0.496 e. The SMILES string of the molecule is COc1ccc(C(=O)N2CC[C@@H]3CC(=O)N[C@@H]3C2)cc1CCCN. The molecular weight excluding hydrogens is 306 g/mol. The molecule has 0 spiro atoms. The van der Waals surface area contributed by atoms with Crippen LogP contribution in [-0.2, 0) is 11.2 Å². The summed E-state index contributed by atoms with van der Waals surface area (Å²) in [6.45, 7) is 1.91. The van der Waals surface area contributed by atoms with Gasteiger partial charge in [-0.05, 0) is 55.5 Å². The molecule has 2 amide bonds. The minimum absolute atomic E-state index is 0.0197. The number of nitrogens with two attached hydrogens (primary N) is 1. The van der Waals surface area contributed by atoms with Crippen LogP contribution >= 0.6 is 0 Å². The standard InChI is InChI=1S/C18H25N3O3/c1-24-16-5-4-14(9-13(16)3-2-7-19)18(23)21-8-6-12-10-17(22)20-15(12)11-21/h4-5,9,12,15H,2-3,6-8,10-11,19H2,1H3,(H,20,22)/t12-,15-/m1/s1. The fourth-order valence-electron chi connectivity index (χ4n) is 3.68. The quantitative estimate of drug-likeness (QED) is 0.841. The van der Waals surface area contributed by atoms with Crippen LogP contribution in [0.25, 0.3) is 0 Å². The van der Waals surface area contributed by atoms with Gasteiger partial charge in [0.25, 0.3) is 5.91 Å². The number of benzene rings is 1. The largest absolute Gasteiger partial charge is 0.496 e. The van der Waals surface area contributed by atoms with E-state index in [0.29, 0.717) is 37.5 Å². The Morgan fingerprint density at radius 2 is 2.29 bits per heavy atom. The number of carbonyl (C=O) groups is 2. The Hall–Kier alpha value is -2.08. The van der Waals surface area contributed by atoms with Crippen molar-refractivity contribution in [3.8, 4) is 5.75 Å². The van der Waals surface area contributed by atoms with E-state index in [1.54, 1.807) is 7.11 Å². The third kappa shape index (κ3) is 3.38. The van der Waals surface area contributed by atoms with Gasteiger partial charge in [0.1, 0.15) is 5.75 Å². The Balaban J connectivity index is 1.73. The van der Waals surface area contributed by atoms with E-state index in [9.17, 15) is 9.59 Å². The van der Waals surface area contributed by atoms with E-state index in [4.69, 9.17) is 10.5 Å². The Morgan fingerprint density at radius 1 is 1.46 bits per heavy atom. The molecule has 1 aromatic rings. The highest BCUT2D eigenvalue weighted by Gasteiger charge is 2.38. The highest BCUT2D eigenvalue weighted by atomic mass is 16.5. The number of fused-ring (bicyclic) bond motifs is 1. The van der Waals surface area contributed by atoms with Crippen LogP contribution in [0.2, 0.25) is 0 Å². The molecule has 2 fully saturated rings. The molecule has 2 atom stereocenters. The first-order valence-corrected chi connectivity index (χ1v) is 8.58. The van der Waals surface area contributed by atoms with Crippen LogP contribution in [0.5, 0.6) is 5.75 Å². The number of aryl methyl sites for hydroxylation is 1. The van der Waals surface area contributed by atoms with E-state index in [-0.39, 0.29) is 17.9 Å². The Labute approximate surface area is 142 Å². The van der Waals surface area contributed by atoms with Crippen LogP contribution in [0.4, 0.5) is 0 Å². The van der Waals surface area contributed by atoms with Crippen molar-refractivity contribution >= 4 is 11.8 Å². The maximum atomic E-state index is 12.8. The summed E-state index contributed by atoms with van der Waals surface area (Å²) in [4.78, 5) is 26.2. The molecule has 24 heavy (non-hydrogen) atoms. The molecule has 2 aliphatic rings. The van der Waals surface area contributed by atoms with Gasteiger partial charge in [0.15, 0.2) is 0 Å². The van der Waals surface area contributed by atoms with Crippen molar-refractivity contribution in [1.82, 2.24) is 10.2 Å². The lowest BCUT2D eigenvalue weighted by atomic mass is 9.92. The maximum Gasteiger partial charge on any atom is 0.253 e. The fraction of sp³-hybridized carbons (Fsp3) is 0.556. The zero-order chi connectivity index (χ0) is 17.1. The Bertz CT molecular complexity index is 632. The first-order valence-electron chi connectivity index (χ1n) is 8.58. The molecule has 2 heterocycles. The average Bonchev–Trinajstić information content (AvgIpc) is 2.98. The molecule has 0 aliphatic carbocycles. The predicted molar refractivity (Wildman–Crippen MR) is 90.9 cm³/mol. The second kappa shape index (κ2) is 7.21. The Morgan fingerprint density at radius 3 is 3.04 bits per heavy atom. The number of amides is 2. The van der Waals surface area contributed by atoms with Crippen LogP contribution in [-0.4, -0.2) is 49.5 Å². The molecule has 3 rings (SSSR count). The van der Waals surface area contributed by atoms with Gasteiger partial charge in [-0.25, -0.2) is 0 Å². The minimum atomic E-state index is 0.0197. The summed E-state index contributed by atoms with van der Waals surface area (Å²) in [5.74, 6) is 1.29. The van der Waals surface area contributed by atoms with Crippen molar-refractivity contribution in [1.29, 1.82) is 0 Å². The van der Waals surface area contributed by atoms with Gasteiger partial charge in [-0.2, -0.15) is 0 Å². The lowest BCUT2D eigenvalue weighted by molar-refractivity contribution is -0.119. The smallest absolute Gasteiger partial charge is 0.253 e. The first kappa shape index (κ1) is 16.8. The molecule has 0 bridgehead atoms. The number of carbonyl (C=O) groups excluding carboxylic acids is 2. The second-order valence-electron chi connectivity index (χ2n) is 6.60. The van der Waals surface area contributed by atoms with Gasteiger partial charge in [0.05, 0.1) is 7.11 Å². The van der Waals surface area contributed by atoms with Crippen LogP contribution in [0.1, 0.15) is 35.2 Å². The van der Waals surface area contributed by atoms with E-state index < -0.39 is 0 Å². The molecule has 3 N–H and O–H groups in total. The lowest BCUT2D eigenvalue weighted by Gasteiger charge is -2.34. The molecule has 6 nitrogen and oxygen atoms in total. The third-order valence-corrected chi connectivity index (χ3v) is 5.01. The van der Waals surface area contributed by atoms with Gasteiger partial charge in [-0.3, -0.25) is 9.59 Å². The summed E-state index contributed by atoms with van der Waals surface area (Å²) in [7, 11) is 1.64. The topological polar surface area (TPSA) is 84.7 Å². The molecule has 0 aromatic heterocycles. The summed E-state index contributed by atoms with van der Waals surface area (Å²) in [5.41, 5.74) is 7.28. The van der Waals surface area contributed by atoms with E-state index in [1.165, 1.54) is 0 Å². The number of hydrogen-bond acceptors (Lipinski definition) is 4. The number of ether oxygens (including phenoxy) is 1. The predicted octanol–water partition coefficient (Wildman–Crippen LogP) is 0.937. The maximum absolute atomic E-state index is 12.8. The van der Waals surface area contributed by atoms with Crippen molar-refractivity contribution in [3.05, 3.63) is 29.3 Å². The van der Waals surface area contributed by atoms with Crippen molar-refractivity contribution in [2.75, 3.05) is 26.7 Å². The fourth-order valence-corrected chi connectivity index (χ4v) is 3.68. The van der Waals surface area contributed by atoms with Crippen LogP contribution in [0, 0.1) is 5.92 Å². The first-order chi connectivity index (χ1) is 11.6. The van der Waals surface area contributed by atoms with Gasteiger partial charge in [0, 0.05) is 31.1 Å². The summed E-state index contributed by atoms with van der Waals surface area (Å²) in [6.07, 6.45) is 3.12. The van der Waals surface area contributed by atoms with E-state index >= 15 is 0 Å². The molecule has 2 aliphatic heterocycles. The van der Waals surface area contributed by atoms with Crippen molar-refractivity contribution in [2.45, 2.75) is 31.7 Å². The average molecular weight is 331 g/mol. The zero-order valence-corrected chi connectivity index (χ0v) is 14.1. The van der Waals surface area contributed by atoms with Crippen molar-refractivity contribution in [2.24, 2.45) is 11.7 Å². The summed E-state index contributed by atoms with van der Waals surface area (Å²) in [5, 5.41) is 2.98. The normalized spacial score (nSPS) is 22.9. The van der Waals surface area contributed by atoms with Crippen LogP contribution in [0.15, 0.2) is 18.2 Å². The molecule has 0 radical (unpaired) electrons. The number of methoxy groups -OCH3 is 1. The van der Waals surface area contributed by atoms with Gasteiger partial charge < -0.3 is 20.7 Å². The van der Waals surface area contributed by atoms with Gasteiger partial charge >= 0.3 is 0 Å². The highest BCUT2D eigenvalue weighted by Crippen LogP contribution is 2.28. The second-order valence-corrected chi connectivity index (χ2v) is 6.60. The van der Waals surface area contributed by atoms with Crippen LogP contribution < -0.4 is 15.8 Å². The molecule has 0 unspecified atom stereocenters. The number of rotatable bonds is 5. The Kier molecular flexibility index (Phi) is 5.04. The molecule has 130 valence electrons. The van der Waals surface area contributed by atoms with Crippen LogP contribution in [0.3, 0.4) is 0 Å². The van der Waals surface area contributed by atoms with Gasteiger partial charge in [-0.1, -0.05) is 0 Å². The lowest BCUT2D eigenvalue weighted by Crippen LogP contribution is -2.49. The number of likely N-dealkylation sites (tertiary alicyclic amines) is 1. The molecular formula is C18H25N3O3. The number of nitrogens with one attached hydrogen (secondary N) is 1.